The quantitative estimate of drug-likeness (QED) is 0.715. The second-order valence-corrected chi connectivity index (χ2v) is 5.99. The van der Waals surface area contributed by atoms with Gasteiger partial charge in [-0.25, -0.2) is 9.78 Å². The molecule has 0 saturated heterocycles. The second kappa shape index (κ2) is 9.44. The Labute approximate surface area is 157 Å². The Morgan fingerprint density at radius 1 is 1.00 bits per heavy atom. The SMILES string of the molecule is COC(=O)c1ccc(NC(=O)c2cccc(C(=O)NCCN(C)C)n2)cc1. The number of hydrogen-bond acceptors (Lipinski definition) is 6. The summed E-state index contributed by atoms with van der Waals surface area (Å²) in [5.41, 5.74) is 1.16. The highest BCUT2D eigenvalue weighted by atomic mass is 16.5. The molecule has 0 aliphatic heterocycles. The number of benzene rings is 1. The number of carbonyl (C=O) groups excluding carboxylic acids is 3. The van der Waals surface area contributed by atoms with Crippen LogP contribution in [0.2, 0.25) is 0 Å². The first-order valence-electron chi connectivity index (χ1n) is 8.30. The van der Waals surface area contributed by atoms with E-state index in [2.05, 4.69) is 20.4 Å². The van der Waals surface area contributed by atoms with Crippen LogP contribution in [0, 0.1) is 0 Å². The van der Waals surface area contributed by atoms with Crippen LogP contribution in [0.5, 0.6) is 0 Å². The van der Waals surface area contributed by atoms with E-state index in [0.717, 1.165) is 0 Å². The number of methoxy groups -OCH3 is 1. The van der Waals surface area contributed by atoms with Crippen LogP contribution >= 0.6 is 0 Å². The topological polar surface area (TPSA) is 101 Å². The number of amides is 2. The maximum Gasteiger partial charge on any atom is 0.337 e. The number of aromatic nitrogens is 1. The molecule has 8 nitrogen and oxygen atoms in total. The van der Waals surface area contributed by atoms with E-state index < -0.39 is 11.9 Å². The van der Waals surface area contributed by atoms with E-state index in [9.17, 15) is 14.4 Å². The summed E-state index contributed by atoms with van der Waals surface area (Å²) in [7, 11) is 5.12. The van der Waals surface area contributed by atoms with E-state index in [1.807, 2.05) is 19.0 Å². The monoisotopic (exact) mass is 370 g/mol. The predicted molar refractivity (Wildman–Crippen MR) is 101 cm³/mol. The number of esters is 1. The average molecular weight is 370 g/mol. The fourth-order valence-electron chi connectivity index (χ4n) is 2.17. The summed E-state index contributed by atoms with van der Waals surface area (Å²) in [5, 5.41) is 5.42. The number of rotatable bonds is 7. The van der Waals surface area contributed by atoms with E-state index >= 15 is 0 Å². The summed E-state index contributed by atoms with van der Waals surface area (Å²) in [4.78, 5) is 42.0. The summed E-state index contributed by atoms with van der Waals surface area (Å²) in [6.07, 6.45) is 0. The van der Waals surface area contributed by atoms with Crippen LogP contribution in [0.15, 0.2) is 42.5 Å². The zero-order chi connectivity index (χ0) is 19.8. The first-order chi connectivity index (χ1) is 12.9. The van der Waals surface area contributed by atoms with Crippen LogP contribution in [-0.4, -0.2) is 62.0 Å². The second-order valence-electron chi connectivity index (χ2n) is 5.99. The number of hydrogen-bond donors (Lipinski definition) is 2. The lowest BCUT2D eigenvalue weighted by atomic mass is 10.2. The van der Waals surface area contributed by atoms with Crippen molar-refractivity contribution in [2.24, 2.45) is 0 Å². The molecule has 1 heterocycles. The molecule has 0 aliphatic rings. The summed E-state index contributed by atoms with van der Waals surface area (Å²) in [5.74, 6) is -1.25. The molecule has 0 fully saturated rings. The van der Waals surface area contributed by atoms with Gasteiger partial charge in [0.15, 0.2) is 0 Å². The predicted octanol–water partition coefficient (Wildman–Crippen LogP) is 1.41. The molecule has 0 spiro atoms. The van der Waals surface area contributed by atoms with E-state index in [1.54, 1.807) is 36.4 Å². The van der Waals surface area contributed by atoms with Gasteiger partial charge in [0.2, 0.25) is 0 Å². The van der Waals surface area contributed by atoms with E-state index in [-0.39, 0.29) is 17.3 Å². The zero-order valence-corrected chi connectivity index (χ0v) is 15.5. The number of likely N-dealkylation sites (N-methyl/N-ethyl adjacent to an activating group) is 1. The van der Waals surface area contributed by atoms with Crippen LogP contribution in [0.25, 0.3) is 0 Å². The standard InChI is InChI=1S/C19H22N4O4/c1-23(2)12-11-20-17(24)15-5-4-6-16(22-15)18(25)21-14-9-7-13(8-10-14)19(26)27-3/h4-10H,11-12H2,1-3H3,(H,20,24)(H,21,25). The molecule has 8 heteroatoms. The minimum atomic E-state index is -0.456. The average Bonchev–Trinajstić information content (AvgIpc) is 2.67. The van der Waals surface area contributed by atoms with Crippen molar-refractivity contribution in [3.05, 3.63) is 59.4 Å². The summed E-state index contributed by atoms with van der Waals surface area (Å²) >= 11 is 0. The van der Waals surface area contributed by atoms with Crippen molar-refractivity contribution < 1.29 is 19.1 Å². The van der Waals surface area contributed by atoms with Crippen molar-refractivity contribution in [1.82, 2.24) is 15.2 Å². The lowest BCUT2D eigenvalue weighted by Gasteiger charge is -2.10. The zero-order valence-electron chi connectivity index (χ0n) is 15.5. The smallest absolute Gasteiger partial charge is 0.337 e. The van der Waals surface area contributed by atoms with Gasteiger partial charge in [-0.2, -0.15) is 0 Å². The van der Waals surface area contributed by atoms with E-state index in [4.69, 9.17) is 0 Å². The summed E-state index contributed by atoms with van der Waals surface area (Å²) in [6.45, 7) is 1.18. The van der Waals surface area contributed by atoms with Gasteiger partial charge in [0, 0.05) is 18.8 Å². The molecule has 1 aromatic carbocycles. The molecule has 2 aromatic rings. The number of nitrogens with zero attached hydrogens (tertiary/aromatic N) is 2. The van der Waals surface area contributed by atoms with E-state index in [1.165, 1.54) is 13.2 Å². The van der Waals surface area contributed by atoms with Gasteiger partial charge >= 0.3 is 5.97 Å². The molecular formula is C19H22N4O4. The number of carbonyl (C=O) groups is 3. The van der Waals surface area contributed by atoms with Crippen molar-refractivity contribution in [3.63, 3.8) is 0 Å². The van der Waals surface area contributed by atoms with Gasteiger partial charge in [-0.05, 0) is 50.5 Å². The fraction of sp³-hybridized carbons (Fsp3) is 0.263. The molecule has 1 aromatic heterocycles. The van der Waals surface area contributed by atoms with Gasteiger partial charge < -0.3 is 20.3 Å². The molecule has 0 bridgehead atoms. The Hall–Kier alpha value is -3.26. The van der Waals surface area contributed by atoms with Crippen LogP contribution in [-0.2, 0) is 4.74 Å². The Morgan fingerprint density at radius 3 is 2.22 bits per heavy atom. The van der Waals surface area contributed by atoms with Crippen LogP contribution in [0.1, 0.15) is 31.3 Å². The van der Waals surface area contributed by atoms with Gasteiger partial charge in [-0.1, -0.05) is 6.07 Å². The van der Waals surface area contributed by atoms with Crippen molar-refractivity contribution >= 4 is 23.5 Å². The van der Waals surface area contributed by atoms with Gasteiger partial charge in [-0.3, -0.25) is 9.59 Å². The molecule has 0 radical (unpaired) electrons. The number of anilines is 1. The van der Waals surface area contributed by atoms with E-state index in [0.29, 0.717) is 24.3 Å². The lowest BCUT2D eigenvalue weighted by molar-refractivity contribution is 0.0600. The Kier molecular flexibility index (Phi) is 7.01. The Morgan fingerprint density at radius 2 is 1.63 bits per heavy atom. The summed E-state index contributed by atoms with van der Waals surface area (Å²) in [6, 6.07) is 10.9. The Balaban J connectivity index is 2.02. The highest BCUT2D eigenvalue weighted by molar-refractivity contribution is 6.04. The molecule has 0 atom stereocenters. The molecule has 142 valence electrons. The van der Waals surface area contributed by atoms with Crippen molar-refractivity contribution in [2.75, 3.05) is 39.6 Å². The molecule has 27 heavy (non-hydrogen) atoms. The first-order valence-corrected chi connectivity index (χ1v) is 8.30. The highest BCUT2D eigenvalue weighted by Gasteiger charge is 2.13. The normalized spacial score (nSPS) is 10.4. The maximum absolute atomic E-state index is 12.4. The van der Waals surface area contributed by atoms with Crippen molar-refractivity contribution in [1.29, 1.82) is 0 Å². The third kappa shape index (κ3) is 5.89. The fourth-order valence-corrected chi connectivity index (χ4v) is 2.17. The third-order valence-electron chi connectivity index (χ3n) is 3.62. The number of ether oxygens (including phenoxy) is 1. The first kappa shape index (κ1) is 20.1. The summed E-state index contributed by atoms with van der Waals surface area (Å²) < 4.78 is 4.63. The largest absolute Gasteiger partial charge is 0.465 e. The third-order valence-corrected chi connectivity index (χ3v) is 3.62. The molecule has 2 N–H and O–H groups in total. The molecule has 2 rings (SSSR count). The van der Waals surface area contributed by atoms with Crippen molar-refractivity contribution in [2.45, 2.75) is 0 Å². The molecule has 0 saturated carbocycles. The number of pyridine rings is 1. The van der Waals surface area contributed by atoms with Gasteiger partial charge in [0.05, 0.1) is 12.7 Å². The minimum Gasteiger partial charge on any atom is -0.465 e. The highest BCUT2D eigenvalue weighted by Crippen LogP contribution is 2.12. The van der Waals surface area contributed by atoms with Crippen LogP contribution in [0.3, 0.4) is 0 Å². The lowest BCUT2D eigenvalue weighted by Crippen LogP contribution is -2.32. The molecule has 2 amide bonds. The van der Waals surface area contributed by atoms with Gasteiger partial charge in [0.1, 0.15) is 11.4 Å². The number of nitrogens with one attached hydrogen (secondary N) is 2. The van der Waals surface area contributed by atoms with Gasteiger partial charge in [-0.15, -0.1) is 0 Å². The maximum atomic E-state index is 12.4. The van der Waals surface area contributed by atoms with Crippen LogP contribution in [0.4, 0.5) is 5.69 Å². The van der Waals surface area contributed by atoms with Gasteiger partial charge in [0.25, 0.3) is 11.8 Å². The Bertz CT molecular complexity index is 819. The molecular weight excluding hydrogens is 348 g/mol. The minimum absolute atomic E-state index is 0.118. The molecule has 0 unspecified atom stereocenters. The molecule has 0 aliphatic carbocycles. The van der Waals surface area contributed by atoms with Crippen LogP contribution < -0.4 is 10.6 Å². The van der Waals surface area contributed by atoms with Crippen molar-refractivity contribution in [3.8, 4) is 0 Å².